The summed E-state index contributed by atoms with van der Waals surface area (Å²) in [4.78, 5) is 12.6. The van der Waals surface area contributed by atoms with Crippen LogP contribution in [0.4, 0.5) is 0 Å². The topological polar surface area (TPSA) is 68.8 Å². The van der Waals surface area contributed by atoms with E-state index in [9.17, 15) is 4.79 Å². The van der Waals surface area contributed by atoms with E-state index in [0.29, 0.717) is 29.4 Å². The van der Waals surface area contributed by atoms with Crippen molar-refractivity contribution < 1.29 is 19.0 Å². The highest BCUT2D eigenvalue weighted by Crippen LogP contribution is 2.39. The van der Waals surface area contributed by atoms with Crippen molar-refractivity contribution >= 4 is 5.91 Å². The highest BCUT2D eigenvalue weighted by Gasteiger charge is 2.21. The van der Waals surface area contributed by atoms with Crippen LogP contribution >= 0.6 is 0 Å². The first-order valence-electron chi connectivity index (χ1n) is 9.15. The van der Waals surface area contributed by atoms with Crippen LogP contribution in [0.25, 0.3) is 0 Å². The van der Waals surface area contributed by atoms with Gasteiger partial charge in [-0.3, -0.25) is 4.79 Å². The molecule has 0 saturated carbocycles. The zero-order valence-corrected chi connectivity index (χ0v) is 15.8. The second kappa shape index (κ2) is 9.28. The van der Waals surface area contributed by atoms with Crippen molar-refractivity contribution in [2.45, 2.75) is 25.5 Å². The van der Waals surface area contributed by atoms with E-state index < -0.39 is 0 Å². The Balaban J connectivity index is 1.77. The third-order valence-corrected chi connectivity index (χ3v) is 4.58. The molecule has 1 amide bonds. The van der Waals surface area contributed by atoms with E-state index in [4.69, 9.17) is 14.2 Å². The molecule has 0 unspecified atom stereocenters. The van der Waals surface area contributed by atoms with Gasteiger partial charge in [-0.15, -0.1) is 0 Å². The maximum Gasteiger partial charge on any atom is 0.251 e. The van der Waals surface area contributed by atoms with Gasteiger partial charge in [-0.1, -0.05) is 30.3 Å². The van der Waals surface area contributed by atoms with E-state index in [0.717, 1.165) is 31.5 Å². The molecule has 0 aromatic heterocycles. The molecule has 2 aromatic carbocycles. The van der Waals surface area contributed by atoms with Crippen LogP contribution in [0.2, 0.25) is 0 Å². The molecule has 27 heavy (non-hydrogen) atoms. The van der Waals surface area contributed by atoms with Gasteiger partial charge in [0.25, 0.3) is 5.91 Å². The smallest absolute Gasteiger partial charge is 0.251 e. The van der Waals surface area contributed by atoms with Gasteiger partial charge >= 0.3 is 0 Å². The van der Waals surface area contributed by atoms with Gasteiger partial charge in [-0.2, -0.15) is 0 Å². The van der Waals surface area contributed by atoms with Gasteiger partial charge in [0, 0.05) is 18.2 Å². The van der Waals surface area contributed by atoms with E-state index in [2.05, 4.69) is 10.6 Å². The molecule has 0 bridgehead atoms. The van der Waals surface area contributed by atoms with Crippen molar-refractivity contribution in [1.29, 1.82) is 0 Å². The fourth-order valence-electron chi connectivity index (χ4n) is 3.13. The zero-order chi connectivity index (χ0) is 19.1. The number of carbonyl (C=O) groups excluding carboxylic acids is 1. The SMILES string of the molecule is COc1cc(C(=O)N[C@H]2CCCNC2)cc(OC)c1OCc1ccccc1. The van der Waals surface area contributed by atoms with Crippen molar-refractivity contribution in [2.24, 2.45) is 0 Å². The first-order chi connectivity index (χ1) is 13.2. The van der Waals surface area contributed by atoms with Gasteiger partial charge in [0.1, 0.15) is 6.61 Å². The quantitative estimate of drug-likeness (QED) is 0.784. The Morgan fingerprint density at radius 3 is 2.44 bits per heavy atom. The van der Waals surface area contributed by atoms with Crippen molar-refractivity contribution in [2.75, 3.05) is 27.3 Å². The third kappa shape index (κ3) is 4.92. The molecule has 1 saturated heterocycles. The summed E-state index contributed by atoms with van der Waals surface area (Å²) in [6.07, 6.45) is 2.04. The Bertz CT molecular complexity index is 733. The Morgan fingerprint density at radius 2 is 1.85 bits per heavy atom. The molecule has 1 heterocycles. The van der Waals surface area contributed by atoms with Gasteiger partial charge in [-0.25, -0.2) is 0 Å². The molecule has 6 nitrogen and oxygen atoms in total. The molecule has 1 atom stereocenters. The zero-order valence-electron chi connectivity index (χ0n) is 15.8. The molecule has 2 aromatic rings. The van der Waals surface area contributed by atoms with E-state index in [1.807, 2.05) is 30.3 Å². The molecule has 0 radical (unpaired) electrons. The second-order valence-electron chi connectivity index (χ2n) is 6.50. The molecule has 0 aliphatic carbocycles. The van der Waals surface area contributed by atoms with Gasteiger partial charge in [0.15, 0.2) is 11.5 Å². The van der Waals surface area contributed by atoms with Crippen molar-refractivity contribution in [1.82, 2.24) is 10.6 Å². The molecule has 144 valence electrons. The normalized spacial score (nSPS) is 16.4. The Morgan fingerprint density at radius 1 is 1.15 bits per heavy atom. The Hall–Kier alpha value is -2.73. The number of amides is 1. The van der Waals surface area contributed by atoms with Crippen LogP contribution in [-0.4, -0.2) is 39.3 Å². The van der Waals surface area contributed by atoms with Crippen LogP contribution in [0.3, 0.4) is 0 Å². The summed E-state index contributed by atoms with van der Waals surface area (Å²) >= 11 is 0. The highest BCUT2D eigenvalue weighted by molar-refractivity contribution is 5.95. The number of nitrogens with one attached hydrogen (secondary N) is 2. The number of carbonyl (C=O) groups is 1. The van der Waals surface area contributed by atoms with Crippen molar-refractivity contribution in [3.8, 4) is 17.2 Å². The summed E-state index contributed by atoms with van der Waals surface area (Å²) in [6.45, 7) is 2.17. The molecular weight excluding hydrogens is 344 g/mol. The molecule has 1 aliphatic heterocycles. The predicted molar refractivity (Wildman–Crippen MR) is 104 cm³/mol. The van der Waals surface area contributed by atoms with E-state index >= 15 is 0 Å². The first kappa shape index (κ1) is 19.0. The minimum atomic E-state index is -0.144. The average Bonchev–Trinajstić information content (AvgIpc) is 2.73. The van der Waals surface area contributed by atoms with Crippen LogP contribution in [0, 0.1) is 0 Å². The summed E-state index contributed by atoms with van der Waals surface area (Å²) in [5, 5.41) is 6.36. The van der Waals surface area contributed by atoms with Gasteiger partial charge < -0.3 is 24.8 Å². The molecular formula is C21H26N2O4. The molecule has 0 spiro atoms. The van der Waals surface area contributed by atoms with Crippen molar-refractivity contribution in [3.05, 3.63) is 53.6 Å². The number of piperidine rings is 1. The fourth-order valence-corrected chi connectivity index (χ4v) is 3.13. The summed E-state index contributed by atoms with van der Waals surface area (Å²) < 4.78 is 16.8. The minimum absolute atomic E-state index is 0.136. The number of ether oxygens (including phenoxy) is 3. The van der Waals surface area contributed by atoms with E-state index in [1.54, 1.807) is 26.4 Å². The van der Waals surface area contributed by atoms with E-state index in [1.165, 1.54) is 0 Å². The van der Waals surface area contributed by atoms with Crippen LogP contribution in [0.5, 0.6) is 17.2 Å². The van der Waals surface area contributed by atoms with Gasteiger partial charge in [-0.05, 0) is 37.1 Å². The molecule has 6 heteroatoms. The minimum Gasteiger partial charge on any atom is -0.493 e. The lowest BCUT2D eigenvalue weighted by Gasteiger charge is -2.24. The highest BCUT2D eigenvalue weighted by atomic mass is 16.5. The van der Waals surface area contributed by atoms with Crippen LogP contribution in [-0.2, 0) is 6.61 Å². The maximum absolute atomic E-state index is 12.6. The number of hydrogen-bond acceptors (Lipinski definition) is 5. The monoisotopic (exact) mass is 370 g/mol. The largest absolute Gasteiger partial charge is 0.493 e. The summed E-state index contributed by atoms with van der Waals surface area (Å²) in [5.74, 6) is 1.28. The predicted octanol–water partition coefficient (Wildman–Crippen LogP) is 2.76. The lowest BCUT2D eigenvalue weighted by molar-refractivity contribution is 0.0929. The second-order valence-corrected chi connectivity index (χ2v) is 6.50. The van der Waals surface area contributed by atoms with Crippen molar-refractivity contribution in [3.63, 3.8) is 0 Å². The van der Waals surface area contributed by atoms with Gasteiger partial charge in [0.05, 0.1) is 14.2 Å². The molecule has 2 N–H and O–H groups in total. The fraction of sp³-hybridized carbons (Fsp3) is 0.381. The summed E-state index contributed by atoms with van der Waals surface area (Å²) in [6, 6.07) is 13.4. The molecule has 3 rings (SSSR count). The lowest BCUT2D eigenvalue weighted by atomic mass is 10.1. The number of methoxy groups -OCH3 is 2. The first-order valence-corrected chi connectivity index (χ1v) is 9.15. The summed E-state index contributed by atoms with van der Waals surface area (Å²) in [5.41, 5.74) is 1.52. The molecule has 1 fully saturated rings. The van der Waals surface area contributed by atoms with Crippen LogP contribution in [0.15, 0.2) is 42.5 Å². The van der Waals surface area contributed by atoms with Crippen LogP contribution in [0.1, 0.15) is 28.8 Å². The molecule has 1 aliphatic rings. The lowest BCUT2D eigenvalue weighted by Crippen LogP contribution is -2.45. The third-order valence-electron chi connectivity index (χ3n) is 4.58. The van der Waals surface area contributed by atoms with E-state index in [-0.39, 0.29) is 11.9 Å². The number of hydrogen-bond donors (Lipinski definition) is 2. The standard InChI is InChI=1S/C21H26N2O4/c1-25-18-11-16(21(24)23-17-9-6-10-22-13-17)12-19(26-2)20(18)27-14-15-7-4-3-5-8-15/h3-5,7-8,11-12,17,22H,6,9-10,13-14H2,1-2H3,(H,23,24)/t17-/m0/s1. The number of benzene rings is 2. The Kier molecular flexibility index (Phi) is 6.54. The Labute approximate surface area is 159 Å². The summed E-state index contributed by atoms with van der Waals surface area (Å²) in [7, 11) is 3.10. The average molecular weight is 370 g/mol. The van der Waals surface area contributed by atoms with Gasteiger partial charge in [0.2, 0.25) is 5.75 Å². The number of rotatable bonds is 7. The van der Waals surface area contributed by atoms with Crippen LogP contribution < -0.4 is 24.8 Å². The maximum atomic E-state index is 12.6.